The third kappa shape index (κ3) is 3.32. The fraction of sp³-hybridized carbons (Fsp3) is 0.455. The van der Waals surface area contributed by atoms with Gasteiger partial charge in [0.25, 0.3) is 0 Å². The number of rotatable bonds is 5. The number of aromatic nitrogens is 4. The van der Waals surface area contributed by atoms with E-state index in [0.717, 1.165) is 6.54 Å². The monoisotopic (exact) mass is 233 g/mol. The summed E-state index contributed by atoms with van der Waals surface area (Å²) < 4.78 is 5.12. The van der Waals surface area contributed by atoms with Gasteiger partial charge in [0.15, 0.2) is 0 Å². The van der Waals surface area contributed by atoms with E-state index < -0.39 is 0 Å². The van der Waals surface area contributed by atoms with Crippen LogP contribution in [0, 0.1) is 5.92 Å². The molecule has 0 aliphatic heterocycles. The van der Waals surface area contributed by atoms with Crippen molar-refractivity contribution in [3.63, 3.8) is 0 Å². The lowest BCUT2D eigenvalue weighted by molar-refractivity contribution is 0.364. The predicted molar refractivity (Wildman–Crippen MR) is 61.9 cm³/mol. The van der Waals surface area contributed by atoms with Crippen molar-refractivity contribution >= 4 is 0 Å². The van der Waals surface area contributed by atoms with E-state index in [0.29, 0.717) is 29.9 Å². The van der Waals surface area contributed by atoms with Crippen molar-refractivity contribution in [2.75, 3.05) is 6.54 Å². The molecule has 0 atom stereocenters. The van der Waals surface area contributed by atoms with Crippen molar-refractivity contribution in [1.82, 2.24) is 25.4 Å². The second-order valence-corrected chi connectivity index (χ2v) is 4.13. The molecule has 0 radical (unpaired) electrons. The summed E-state index contributed by atoms with van der Waals surface area (Å²) in [6.07, 6.45) is 3.11. The summed E-state index contributed by atoms with van der Waals surface area (Å²) in [5.41, 5.74) is 0.666. The van der Waals surface area contributed by atoms with Crippen molar-refractivity contribution < 1.29 is 4.52 Å². The molecule has 6 heteroatoms. The van der Waals surface area contributed by atoms with Gasteiger partial charge in [0, 0.05) is 6.20 Å². The van der Waals surface area contributed by atoms with Gasteiger partial charge in [-0.1, -0.05) is 19.0 Å². The molecule has 2 aromatic heterocycles. The molecule has 0 saturated carbocycles. The first kappa shape index (κ1) is 11.7. The van der Waals surface area contributed by atoms with Gasteiger partial charge in [-0.05, 0) is 18.5 Å². The minimum Gasteiger partial charge on any atom is -0.337 e. The second kappa shape index (κ2) is 5.49. The predicted octanol–water partition coefficient (Wildman–Crippen LogP) is 1.27. The summed E-state index contributed by atoms with van der Waals surface area (Å²) in [4.78, 5) is 12.1. The molecule has 0 saturated heterocycles. The van der Waals surface area contributed by atoms with Crippen LogP contribution in [0.5, 0.6) is 0 Å². The van der Waals surface area contributed by atoms with Crippen LogP contribution in [-0.4, -0.2) is 26.7 Å². The molecule has 0 spiro atoms. The molecule has 1 N–H and O–H groups in total. The molecule has 6 nitrogen and oxygen atoms in total. The third-order valence-corrected chi connectivity index (χ3v) is 2.11. The van der Waals surface area contributed by atoms with Crippen molar-refractivity contribution in [3.8, 4) is 11.5 Å². The maximum Gasteiger partial charge on any atom is 0.240 e. The third-order valence-electron chi connectivity index (χ3n) is 2.11. The van der Waals surface area contributed by atoms with Gasteiger partial charge in [-0.25, -0.2) is 9.97 Å². The fourth-order valence-corrected chi connectivity index (χ4v) is 1.32. The Morgan fingerprint density at radius 1 is 1.41 bits per heavy atom. The van der Waals surface area contributed by atoms with Crippen LogP contribution in [0.2, 0.25) is 0 Å². The molecule has 90 valence electrons. The Morgan fingerprint density at radius 3 is 3.00 bits per heavy atom. The highest BCUT2D eigenvalue weighted by molar-refractivity contribution is 5.46. The van der Waals surface area contributed by atoms with Gasteiger partial charge in [0.1, 0.15) is 12.0 Å². The van der Waals surface area contributed by atoms with Crippen molar-refractivity contribution in [1.29, 1.82) is 0 Å². The zero-order valence-electron chi connectivity index (χ0n) is 9.92. The average molecular weight is 233 g/mol. The van der Waals surface area contributed by atoms with E-state index in [4.69, 9.17) is 4.52 Å². The zero-order valence-corrected chi connectivity index (χ0v) is 9.92. The van der Waals surface area contributed by atoms with Gasteiger partial charge in [-0.15, -0.1) is 0 Å². The minimum absolute atomic E-state index is 0.494. The summed E-state index contributed by atoms with van der Waals surface area (Å²) in [6.45, 7) is 5.79. The van der Waals surface area contributed by atoms with Crippen LogP contribution in [0.15, 0.2) is 23.1 Å². The lowest BCUT2D eigenvalue weighted by Crippen LogP contribution is -2.19. The van der Waals surface area contributed by atoms with Gasteiger partial charge in [-0.2, -0.15) is 4.98 Å². The summed E-state index contributed by atoms with van der Waals surface area (Å²) in [5.74, 6) is 1.66. The molecule has 0 unspecified atom stereocenters. The van der Waals surface area contributed by atoms with Gasteiger partial charge >= 0.3 is 0 Å². The van der Waals surface area contributed by atoms with Gasteiger partial charge in [0.2, 0.25) is 11.7 Å². The molecule has 0 bridgehead atoms. The van der Waals surface area contributed by atoms with E-state index in [-0.39, 0.29) is 0 Å². The molecular weight excluding hydrogens is 218 g/mol. The molecule has 2 rings (SSSR count). The molecule has 0 amide bonds. The Kier molecular flexibility index (Phi) is 3.77. The van der Waals surface area contributed by atoms with Crippen LogP contribution in [0.4, 0.5) is 0 Å². The number of hydrogen-bond donors (Lipinski definition) is 1. The minimum atomic E-state index is 0.494. The number of nitrogens with one attached hydrogen (secondary N) is 1. The molecular formula is C11H15N5O. The van der Waals surface area contributed by atoms with E-state index in [1.54, 1.807) is 12.3 Å². The summed E-state index contributed by atoms with van der Waals surface area (Å²) >= 11 is 0. The normalized spacial score (nSPS) is 11.0. The van der Waals surface area contributed by atoms with E-state index in [2.05, 4.69) is 39.3 Å². The van der Waals surface area contributed by atoms with Crippen LogP contribution in [-0.2, 0) is 6.54 Å². The quantitative estimate of drug-likeness (QED) is 0.838. The molecule has 2 aromatic rings. The van der Waals surface area contributed by atoms with Crippen LogP contribution >= 0.6 is 0 Å². The first-order valence-corrected chi connectivity index (χ1v) is 5.55. The van der Waals surface area contributed by atoms with Crippen LogP contribution in [0.1, 0.15) is 19.7 Å². The highest BCUT2D eigenvalue weighted by Gasteiger charge is 2.08. The molecule has 2 heterocycles. The van der Waals surface area contributed by atoms with Crippen LogP contribution in [0.3, 0.4) is 0 Å². The highest BCUT2D eigenvalue weighted by atomic mass is 16.5. The first-order chi connectivity index (χ1) is 8.25. The maximum atomic E-state index is 5.12. The van der Waals surface area contributed by atoms with E-state index in [1.807, 2.05) is 0 Å². The van der Waals surface area contributed by atoms with E-state index in [1.165, 1.54) is 6.33 Å². The maximum absolute atomic E-state index is 5.12. The molecule has 17 heavy (non-hydrogen) atoms. The molecule has 0 aromatic carbocycles. The second-order valence-electron chi connectivity index (χ2n) is 4.13. The Bertz CT molecular complexity index is 454. The summed E-state index contributed by atoms with van der Waals surface area (Å²) in [5, 5.41) is 7.10. The lowest BCUT2D eigenvalue weighted by Gasteiger charge is -2.03. The molecule has 0 fully saturated rings. The average Bonchev–Trinajstić information content (AvgIpc) is 2.78. The van der Waals surface area contributed by atoms with Crippen molar-refractivity contribution in [3.05, 3.63) is 24.5 Å². The Morgan fingerprint density at radius 2 is 2.29 bits per heavy atom. The van der Waals surface area contributed by atoms with E-state index in [9.17, 15) is 0 Å². The Hall–Kier alpha value is -1.82. The Balaban J connectivity index is 1.97. The van der Waals surface area contributed by atoms with Crippen molar-refractivity contribution in [2.24, 2.45) is 5.92 Å². The smallest absolute Gasteiger partial charge is 0.240 e. The van der Waals surface area contributed by atoms with Gasteiger partial charge < -0.3 is 9.84 Å². The van der Waals surface area contributed by atoms with Gasteiger partial charge in [0.05, 0.1) is 6.54 Å². The number of nitrogens with zero attached hydrogens (tertiary/aromatic N) is 4. The SMILES string of the molecule is CC(C)CNCc1nc(-c2ccncn2)no1. The molecule has 0 aliphatic carbocycles. The molecule has 0 aliphatic rings. The fourth-order valence-electron chi connectivity index (χ4n) is 1.32. The first-order valence-electron chi connectivity index (χ1n) is 5.55. The Labute approximate surface area is 99.5 Å². The summed E-state index contributed by atoms with van der Waals surface area (Å²) in [7, 11) is 0. The standard InChI is InChI=1S/C11H15N5O/c1-8(2)5-13-6-10-15-11(16-17-10)9-3-4-12-7-14-9/h3-4,7-8,13H,5-6H2,1-2H3. The number of hydrogen-bond acceptors (Lipinski definition) is 6. The highest BCUT2D eigenvalue weighted by Crippen LogP contribution is 2.10. The lowest BCUT2D eigenvalue weighted by atomic mass is 10.2. The van der Waals surface area contributed by atoms with Crippen molar-refractivity contribution in [2.45, 2.75) is 20.4 Å². The zero-order chi connectivity index (χ0) is 12.1. The van der Waals surface area contributed by atoms with Crippen LogP contribution in [0.25, 0.3) is 11.5 Å². The van der Waals surface area contributed by atoms with Crippen LogP contribution < -0.4 is 5.32 Å². The largest absolute Gasteiger partial charge is 0.337 e. The van der Waals surface area contributed by atoms with Gasteiger partial charge in [-0.3, -0.25) is 0 Å². The summed E-state index contributed by atoms with van der Waals surface area (Å²) in [6, 6.07) is 1.75. The van der Waals surface area contributed by atoms with E-state index >= 15 is 0 Å². The topological polar surface area (TPSA) is 76.7 Å².